The first-order valence-electron chi connectivity index (χ1n) is 7.18. The lowest BCUT2D eigenvalue weighted by Gasteiger charge is -2.21. The highest BCUT2D eigenvalue weighted by Crippen LogP contribution is 2.30. The van der Waals surface area contributed by atoms with E-state index in [1.165, 1.54) is 6.92 Å². The monoisotopic (exact) mass is 370 g/mol. The van der Waals surface area contributed by atoms with Crippen LogP contribution in [0.15, 0.2) is 48.5 Å². The van der Waals surface area contributed by atoms with Crippen molar-refractivity contribution >= 4 is 34.8 Å². The van der Waals surface area contributed by atoms with Crippen LogP contribution in [0, 0.1) is 0 Å². The third-order valence-electron chi connectivity index (χ3n) is 3.34. The molecule has 0 aliphatic heterocycles. The number of hydrogen-bond donors (Lipinski definition) is 1. The average molecular weight is 371 g/mol. The molecule has 0 heterocycles. The van der Waals surface area contributed by atoms with Gasteiger partial charge in [-0.25, -0.2) is 0 Å². The van der Waals surface area contributed by atoms with Gasteiger partial charge >= 0.3 is 6.18 Å². The molecule has 0 aliphatic carbocycles. The van der Waals surface area contributed by atoms with Gasteiger partial charge in [0.05, 0.1) is 16.3 Å². The SMILES string of the molecule is CC(=O)N(CC(=O)Nc1ccccc1Cl)c1ccc(C(F)(F)F)cc1. The van der Waals surface area contributed by atoms with Gasteiger partial charge in [-0.3, -0.25) is 9.59 Å². The number of nitrogens with one attached hydrogen (secondary N) is 1. The Kier molecular flexibility index (Phi) is 5.69. The molecule has 0 unspecified atom stereocenters. The quantitative estimate of drug-likeness (QED) is 0.869. The van der Waals surface area contributed by atoms with Gasteiger partial charge in [0, 0.05) is 12.6 Å². The van der Waals surface area contributed by atoms with Crippen molar-refractivity contribution in [1.82, 2.24) is 0 Å². The van der Waals surface area contributed by atoms with Crippen molar-refractivity contribution in [2.24, 2.45) is 0 Å². The van der Waals surface area contributed by atoms with Crippen LogP contribution in [0.4, 0.5) is 24.5 Å². The highest BCUT2D eigenvalue weighted by Gasteiger charge is 2.30. The maximum absolute atomic E-state index is 12.6. The number of hydrogen-bond acceptors (Lipinski definition) is 2. The average Bonchev–Trinajstić information content (AvgIpc) is 2.54. The lowest BCUT2D eigenvalue weighted by molar-refractivity contribution is -0.137. The highest BCUT2D eigenvalue weighted by atomic mass is 35.5. The van der Waals surface area contributed by atoms with E-state index in [9.17, 15) is 22.8 Å². The minimum Gasteiger partial charge on any atom is -0.323 e. The Morgan fingerprint density at radius 1 is 1.08 bits per heavy atom. The number of para-hydroxylation sites is 1. The molecule has 0 aliphatic rings. The molecule has 0 atom stereocenters. The summed E-state index contributed by atoms with van der Waals surface area (Å²) in [5, 5.41) is 2.89. The number of benzene rings is 2. The van der Waals surface area contributed by atoms with Crippen molar-refractivity contribution in [3.8, 4) is 0 Å². The molecule has 132 valence electrons. The first-order valence-corrected chi connectivity index (χ1v) is 7.56. The standard InChI is InChI=1S/C17H14ClF3N2O2/c1-11(24)23(13-8-6-12(7-9-13)17(19,20)21)10-16(25)22-15-5-3-2-4-14(15)18/h2-9H,10H2,1H3,(H,22,25). The Morgan fingerprint density at radius 3 is 2.20 bits per heavy atom. The van der Waals surface area contributed by atoms with Crippen molar-refractivity contribution in [1.29, 1.82) is 0 Å². The Labute approximate surface area is 147 Å². The predicted molar refractivity (Wildman–Crippen MR) is 89.6 cm³/mol. The molecule has 25 heavy (non-hydrogen) atoms. The molecule has 0 spiro atoms. The van der Waals surface area contributed by atoms with E-state index in [0.717, 1.165) is 29.2 Å². The molecular weight excluding hydrogens is 357 g/mol. The number of alkyl halides is 3. The summed E-state index contributed by atoms with van der Waals surface area (Å²) in [7, 11) is 0. The largest absolute Gasteiger partial charge is 0.416 e. The van der Waals surface area contributed by atoms with Crippen molar-refractivity contribution in [2.45, 2.75) is 13.1 Å². The lowest BCUT2D eigenvalue weighted by atomic mass is 10.2. The van der Waals surface area contributed by atoms with Gasteiger partial charge in [-0.05, 0) is 36.4 Å². The molecule has 0 fully saturated rings. The second-order valence-corrected chi connectivity index (χ2v) is 5.59. The Balaban J connectivity index is 2.14. The minimum atomic E-state index is -4.47. The Hall–Kier alpha value is -2.54. The summed E-state index contributed by atoms with van der Waals surface area (Å²) in [6.07, 6.45) is -4.47. The van der Waals surface area contributed by atoms with Crippen molar-refractivity contribution in [2.75, 3.05) is 16.8 Å². The zero-order valence-corrected chi connectivity index (χ0v) is 13.9. The van der Waals surface area contributed by atoms with E-state index >= 15 is 0 Å². The molecule has 1 N–H and O–H groups in total. The van der Waals surface area contributed by atoms with Crippen LogP contribution in [-0.4, -0.2) is 18.4 Å². The Morgan fingerprint density at radius 2 is 1.68 bits per heavy atom. The van der Waals surface area contributed by atoms with Crippen molar-refractivity contribution in [3.05, 3.63) is 59.1 Å². The Bertz CT molecular complexity index is 776. The van der Waals surface area contributed by atoms with E-state index in [0.29, 0.717) is 10.7 Å². The van der Waals surface area contributed by atoms with Crippen LogP contribution in [0.1, 0.15) is 12.5 Å². The van der Waals surface area contributed by atoms with Gasteiger partial charge in [-0.15, -0.1) is 0 Å². The first-order chi connectivity index (χ1) is 11.7. The van der Waals surface area contributed by atoms with Gasteiger partial charge < -0.3 is 10.2 Å². The smallest absolute Gasteiger partial charge is 0.323 e. The van der Waals surface area contributed by atoms with Crippen LogP contribution in [-0.2, 0) is 15.8 Å². The summed E-state index contributed by atoms with van der Waals surface area (Å²) >= 11 is 5.94. The number of halogens is 4. The summed E-state index contributed by atoms with van der Waals surface area (Å²) in [5.74, 6) is -1.00. The van der Waals surface area contributed by atoms with Gasteiger partial charge in [0.25, 0.3) is 0 Å². The molecule has 0 bridgehead atoms. The fourth-order valence-electron chi connectivity index (χ4n) is 2.11. The summed E-state index contributed by atoms with van der Waals surface area (Å²) in [6, 6.07) is 10.6. The fraction of sp³-hybridized carbons (Fsp3) is 0.176. The summed E-state index contributed by atoms with van der Waals surface area (Å²) in [5.41, 5.74) is -0.264. The first kappa shape index (κ1) is 18.8. The highest BCUT2D eigenvalue weighted by molar-refractivity contribution is 6.33. The third kappa shape index (κ3) is 4.96. The molecule has 2 aromatic carbocycles. The molecule has 0 aromatic heterocycles. The molecule has 0 saturated heterocycles. The predicted octanol–water partition coefficient (Wildman–Crippen LogP) is 4.35. The zero-order chi connectivity index (χ0) is 18.6. The van der Waals surface area contributed by atoms with E-state index in [4.69, 9.17) is 11.6 Å². The molecule has 2 aromatic rings. The normalized spacial score (nSPS) is 11.1. The van der Waals surface area contributed by atoms with E-state index in [1.807, 2.05) is 0 Å². The maximum Gasteiger partial charge on any atom is 0.416 e. The molecule has 4 nitrogen and oxygen atoms in total. The van der Waals surface area contributed by atoms with Crippen LogP contribution >= 0.6 is 11.6 Å². The second kappa shape index (κ2) is 7.57. The van der Waals surface area contributed by atoms with Crippen LogP contribution < -0.4 is 10.2 Å². The van der Waals surface area contributed by atoms with E-state index in [2.05, 4.69) is 5.32 Å². The number of carbonyl (C=O) groups is 2. The van der Waals surface area contributed by atoms with Crippen molar-refractivity contribution in [3.63, 3.8) is 0 Å². The van der Waals surface area contributed by atoms with E-state index < -0.39 is 23.6 Å². The lowest BCUT2D eigenvalue weighted by Crippen LogP contribution is -2.36. The van der Waals surface area contributed by atoms with Crippen molar-refractivity contribution < 1.29 is 22.8 Å². The summed E-state index contributed by atoms with van der Waals surface area (Å²) in [4.78, 5) is 25.0. The summed E-state index contributed by atoms with van der Waals surface area (Å²) in [6.45, 7) is 0.867. The third-order valence-corrected chi connectivity index (χ3v) is 3.67. The van der Waals surface area contributed by atoms with Gasteiger partial charge in [-0.1, -0.05) is 23.7 Å². The van der Waals surface area contributed by atoms with Crippen LogP contribution in [0.5, 0.6) is 0 Å². The van der Waals surface area contributed by atoms with Gasteiger partial charge in [0.2, 0.25) is 11.8 Å². The number of rotatable bonds is 4. The van der Waals surface area contributed by atoms with E-state index in [1.54, 1.807) is 24.3 Å². The summed E-state index contributed by atoms with van der Waals surface area (Å²) < 4.78 is 37.8. The fourth-order valence-corrected chi connectivity index (χ4v) is 2.29. The van der Waals surface area contributed by atoms with Crippen LogP contribution in [0.2, 0.25) is 5.02 Å². The van der Waals surface area contributed by atoms with Gasteiger partial charge in [-0.2, -0.15) is 13.2 Å². The molecule has 8 heteroatoms. The second-order valence-electron chi connectivity index (χ2n) is 5.18. The molecule has 2 amide bonds. The molecule has 2 rings (SSSR count). The molecular formula is C17H14ClF3N2O2. The zero-order valence-electron chi connectivity index (χ0n) is 13.1. The number of carbonyl (C=O) groups excluding carboxylic acids is 2. The topological polar surface area (TPSA) is 49.4 Å². The minimum absolute atomic E-state index is 0.190. The molecule has 0 saturated carbocycles. The van der Waals surface area contributed by atoms with Gasteiger partial charge in [0.15, 0.2) is 0 Å². The van der Waals surface area contributed by atoms with Gasteiger partial charge in [0.1, 0.15) is 6.54 Å². The number of nitrogens with zero attached hydrogens (tertiary/aromatic N) is 1. The molecule has 0 radical (unpaired) electrons. The number of amides is 2. The number of anilines is 2. The maximum atomic E-state index is 12.6. The van der Waals surface area contributed by atoms with Crippen LogP contribution in [0.25, 0.3) is 0 Å². The van der Waals surface area contributed by atoms with Crippen LogP contribution in [0.3, 0.4) is 0 Å². The van der Waals surface area contributed by atoms with E-state index in [-0.39, 0.29) is 12.2 Å².